The molecule has 0 aromatic rings. The fraction of sp³-hybridized carbons (Fsp3) is 0.769. The van der Waals surface area contributed by atoms with Crippen molar-refractivity contribution < 1.29 is 22.8 Å². The Morgan fingerprint density at radius 2 is 1.84 bits per heavy atom. The molecule has 5 nitrogen and oxygen atoms in total. The molecule has 0 aromatic heterocycles. The van der Waals surface area contributed by atoms with Crippen LogP contribution in [-0.2, 0) is 22.8 Å². The number of hydrogen-bond acceptors (Lipinski definition) is 5. The predicted octanol–water partition coefficient (Wildman–Crippen LogP) is 2.08. The van der Waals surface area contributed by atoms with Crippen LogP contribution in [0.3, 0.4) is 0 Å². The van der Waals surface area contributed by atoms with Crippen molar-refractivity contribution in [3.05, 3.63) is 12.2 Å². The van der Waals surface area contributed by atoms with Crippen LogP contribution in [0.2, 0.25) is 0 Å². The first-order chi connectivity index (χ1) is 9.01. The summed E-state index contributed by atoms with van der Waals surface area (Å²) in [5.41, 5.74) is 0.421. The zero-order chi connectivity index (χ0) is 14.7. The monoisotopic (exact) mass is 290 g/mol. The lowest BCUT2D eigenvalue weighted by Crippen LogP contribution is -2.31. The highest BCUT2D eigenvalue weighted by Crippen LogP contribution is 2.06. The highest BCUT2D eigenvalue weighted by Gasteiger charge is 2.17. The number of carbonyl (C=O) groups excluding carboxylic acids is 1. The van der Waals surface area contributed by atoms with Crippen molar-refractivity contribution in [3.8, 4) is 0 Å². The van der Waals surface area contributed by atoms with E-state index in [0.717, 1.165) is 12.8 Å². The smallest absolute Gasteiger partial charge is 0.462 e. The molecule has 19 heavy (non-hydrogen) atoms. The standard InChI is InChI=1S/C13H26O5Si/c1-6-16-19(17-7-2)18-12(5)9-8-10-15-13(14)11(3)4/h12,19H,3,6-10H2,1-2,4-5H3. The molecule has 0 bridgehead atoms. The van der Waals surface area contributed by atoms with E-state index in [9.17, 15) is 4.79 Å². The van der Waals surface area contributed by atoms with Crippen LogP contribution in [0.1, 0.15) is 40.5 Å². The number of hydrogen-bond donors (Lipinski definition) is 0. The minimum absolute atomic E-state index is 0.0401. The highest BCUT2D eigenvalue weighted by molar-refractivity contribution is 6.36. The van der Waals surface area contributed by atoms with Crippen LogP contribution in [-0.4, -0.2) is 41.4 Å². The minimum Gasteiger partial charge on any atom is -0.462 e. The first-order valence-electron chi connectivity index (χ1n) is 6.72. The molecule has 1 unspecified atom stereocenters. The normalized spacial score (nSPS) is 12.5. The van der Waals surface area contributed by atoms with E-state index in [-0.39, 0.29) is 12.1 Å². The highest BCUT2D eigenvalue weighted by atomic mass is 28.3. The molecule has 0 aliphatic heterocycles. The Hall–Kier alpha value is -0.693. The summed E-state index contributed by atoms with van der Waals surface area (Å²) in [5.74, 6) is -0.343. The average molecular weight is 290 g/mol. The van der Waals surface area contributed by atoms with Crippen LogP contribution >= 0.6 is 0 Å². The molecule has 0 spiro atoms. The van der Waals surface area contributed by atoms with Crippen molar-refractivity contribution in [2.75, 3.05) is 19.8 Å². The fourth-order valence-electron chi connectivity index (χ4n) is 1.32. The van der Waals surface area contributed by atoms with Gasteiger partial charge in [0.15, 0.2) is 0 Å². The summed E-state index contributed by atoms with van der Waals surface area (Å²) < 4.78 is 21.6. The molecule has 0 saturated heterocycles. The summed E-state index contributed by atoms with van der Waals surface area (Å²) in [6.07, 6.45) is 1.59. The van der Waals surface area contributed by atoms with Gasteiger partial charge in [-0.1, -0.05) is 6.58 Å². The Morgan fingerprint density at radius 1 is 1.26 bits per heavy atom. The van der Waals surface area contributed by atoms with Crippen molar-refractivity contribution in [2.45, 2.75) is 46.6 Å². The lowest BCUT2D eigenvalue weighted by Gasteiger charge is -2.20. The predicted molar refractivity (Wildman–Crippen MR) is 76.0 cm³/mol. The molecule has 6 heteroatoms. The Kier molecular flexibility index (Phi) is 10.8. The van der Waals surface area contributed by atoms with Crippen LogP contribution in [0.5, 0.6) is 0 Å². The first kappa shape index (κ1) is 18.3. The van der Waals surface area contributed by atoms with E-state index in [0.29, 0.717) is 25.4 Å². The molecule has 0 heterocycles. The van der Waals surface area contributed by atoms with Crippen molar-refractivity contribution in [3.63, 3.8) is 0 Å². The third-order valence-corrected chi connectivity index (χ3v) is 4.18. The van der Waals surface area contributed by atoms with Gasteiger partial charge in [-0.15, -0.1) is 0 Å². The van der Waals surface area contributed by atoms with E-state index in [4.69, 9.17) is 18.0 Å². The van der Waals surface area contributed by atoms with Gasteiger partial charge in [0.2, 0.25) is 0 Å². The molecule has 0 amide bonds. The number of esters is 1. The van der Waals surface area contributed by atoms with E-state index in [2.05, 4.69) is 6.58 Å². The molecular weight excluding hydrogens is 264 g/mol. The number of carbonyl (C=O) groups is 1. The summed E-state index contributed by atoms with van der Waals surface area (Å²) in [6.45, 7) is 12.5. The van der Waals surface area contributed by atoms with E-state index in [1.54, 1.807) is 6.92 Å². The molecule has 1 atom stereocenters. The largest absolute Gasteiger partial charge is 0.484 e. The summed E-state index contributed by atoms with van der Waals surface area (Å²) in [4.78, 5) is 11.1. The van der Waals surface area contributed by atoms with Gasteiger partial charge in [0.1, 0.15) is 0 Å². The van der Waals surface area contributed by atoms with Gasteiger partial charge in [-0.25, -0.2) is 4.79 Å². The van der Waals surface area contributed by atoms with Gasteiger partial charge in [-0.3, -0.25) is 0 Å². The molecule has 0 saturated carbocycles. The van der Waals surface area contributed by atoms with Gasteiger partial charge in [0.05, 0.1) is 6.61 Å². The Morgan fingerprint density at radius 3 is 2.32 bits per heavy atom. The molecule has 0 aliphatic carbocycles. The van der Waals surface area contributed by atoms with E-state index >= 15 is 0 Å². The van der Waals surface area contributed by atoms with Crippen LogP contribution in [0.25, 0.3) is 0 Å². The number of ether oxygens (including phenoxy) is 1. The average Bonchev–Trinajstić information content (AvgIpc) is 2.34. The molecule has 0 radical (unpaired) electrons. The summed E-state index contributed by atoms with van der Waals surface area (Å²) in [6, 6.07) is 0. The molecule has 0 aliphatic rings. The first-order valence-corrected chi connectivity index (χ1v) is 8.13. The quantitative estimate of drug-likeness (QED) is 0.252. The fourth-order valence-corrected chi connectivity index (χ4v) is 2.63. The lowest BCUT2D eigenvalue weighted by atomic mass is 10.2. The zero-order valence-corrected chi connectivity index (χ0v) is 13.6. The minimum atomic E-state index is -2.00. The zero-order valence-electron chi connectivity index (χ0n) is 12.4. The second-order valence-electron chi connectivity index (χ2n) is 4.20. The second kappa shape index (κ2) is 11.2. The van der Waals surface area contributed by atoms with Gasteiger partial charge >= 0.3 is 15.5 Å². The van der Waals surface area contributed by atoms with E-state index < -0.39 is 9.53 Å². The van der Waals surface area contributed by atoms with Gasteiger partial charge in [0, 0.05) is 24.9 Å². The van der Waals surface area contributed by atoms with Crippen LogP contribution in [0, 0.1) is 0 Å². The van der Waals surface area contributed by atoms with Gasteiger partial charge < -0.3 is 18.0 Å². The summed E-state index contributed by atoms with van der Waals surface area (Å²) in [7, 11) is -2.00. The third-order valence-electron chi connectivity index (χ3n) is 2.29. The maximum absolute atomic E-state index is 11.1. The molecule has 0 N–H and O–H groups in total. The summed E-state index contributed by atoms with van der Waals surface area (Å²) in [5, 5.41) is 0. The number of rotatable bonds is 11. The maximum atomic E-state index is 11.1. The molecule has 0 fully saturated rings. The second-order valence-corrected chi connectivity index (χ2v) is 5.72. The van der Waals surface area contributed by atoms with Gasteiger partial charge in [0.25, 0.3) is 0 Å². The van der Waals surface area contributed by atoms with Gasteiger partial charge in [-0.05, 0) is 40.5 Å². The van der Waals surface area contributed by atoms with E-state index in [1.165, 1.54) is 0 Å². The van der Waals surface area contributed by atoms with Crippen molar-refractivity contribution in [1.29, 1.82) is 0 Å². The van der Waals surface area contributed by atoms with E-state index in [1.807, 2.05) is 20.8 Å². The summed E-state index contributed by atoms with van der Waals surface area (Å²) >= 11 is 0. The van der Waals surface area contributed by atoms with Crippen LogP contribution in [0.15, 0.2) is 12.2 Å². The topological polar surface area (TPSA) is 54.0 Å². The Labute approximate surface area is 117 Å². The molecule has 112 valence electrons. The molecule has 0 rings (SSSR count). The van der Waals surface area contributed by atoms with Crippen LogP contribution in [0.4, 0.5) is 0 Å². The SMILES string of the molecule is C=C(C)C(=O)OCCCC(C)O[SiH](OCC)OCC. The van der Waals surface area contributed by atoms with Crippen molar-refractivity contribution in [2.24, 2.45) is 0 Å². The lowest BCUT2D eigenvalue weighted by molar-refractivity contribution is -0.139. The van der Waals surface area contributed by atoms with Crippen LogP contribution < -0.4 is 0 Å². The maximum Gasteiger partial charge on any atom is 0.484 e. The van der Waals surface area contributed by atoms with Crippen molar-refractivity contribution >= 4 is 15.5 Å². The molecule has 0 aromatic carbocycles. The van der Waals surface area contributed by atoms with Gasteiger partial charge in [-0.2, -0.15) is 0 Å². The Balaban J connectivity index is 3.75. The Bertz CT molecular complexity index is 264. The van der Waals surface area contributed by atoms with Crippen molar-refractivity contribution in [1.82, 2.24) is 0 Å². The molecular formula is C13H26O5Si. The third kappa shape index (κ3) is 9.83.